The summed E-state index contributed by atoms with van der Waals surface area (Å²) in [5.41, 5.74) is 5.65. The Bertz CT molecular complexity index is 908. The lowest BCUT2D eigenvalue weighted by Gasteiger charge is -2.29. The van der Waals surface area contributed by atoms with Gasteiger partial charge in [0.05, 0.1) is 12.9 Å². The van der Waals surface area contributed by atoms with Gasteiger partial charge in [-0.15, -0.1) is 0 Å². The lowest BCUT2D eigenvalue weighted by Crippen LogP contribution is -2.13. The highest BCUT2D eigenvalue weighted by molar-refractivity contribution is 5.73. The maximum atomic E-state index is 11.8. The molecule has 3 rings (SSSR count). The first-order valence-corrected chi connectivity index (χ1v) is 12.3. The topological polar surface area (TPSA) is 44.8 Å². The number of benzene rings is 2. The molecule has 0 N–H and O–H groups in total. The summed E-state index contributed by atoms with van der Waals surface area (Å²) < 4.78 is 15.4. The van der Waals surface area contributed by atoms with Crippen molar-refractivity contribution in [1.29, 1.82) is 0 Å². The van der Waals surface area contributed by atoms with Gasteiger partial charge in [0, 0.05) is 7.11 Å². The van der Waals surface area contributed by atoms with Gasteiger partial charge in [-0.2, -0.15) is 0 Å². The minimum atomic E-state index is -0.802. The smallest absolute Gasteiger partial charge is 0.403 e. The van der Waals surface area contributed by atoms with Crippen LogP contribution < -0.4 is 4.74 Å². The van der Waals surface area contributed by atoms with Crippen molar-refractivity contribution in [3.63, 3.8) is 0 Å². The lowest BCUT2D eigenvalue weighted by molar-refractivity contribution is 0.135. The van der Waals surface area contributed by atoms with E-state index >= 15 is 0 Å². The third-order valence-electron chi connectivity index (χ3n) is 6.93. The Morgan fingerprint density at radius 3 is 2.45 bits per heavy atom. The van der Waals surface area contributed by atoms with E-state index in [1.165, 1.54) is 56.9 Å². The first-order valence-electron chi connectivity index (χ1n) is 12.3. The highest BCUT2D eigenvalue weighted by Gasteiger charge is 2.22. The highest BCUT2D eigenvalue weighted by atomic mass is 16.7. The zero-order valence-electron chi connectivity index (χ0n) is 20.4. The standard InChI is InChI=1S/C29H38O4/c1-5-7-8-9-22-10-12-23(13-11-22)24-14-16-25(17-15-24)28-19-27(33-29(30)32-6-2)18-26(20-31-4)21(28)3/h6,14-19,22-23H,2,5,7-13,20H2,1,3-4H3. The molecule has 4 nitrogen and oxygen atoms in total. The van der Waals surface area contributed by atoms with Crippen LogP contribution in [0.25, 0.3) is 11.1 Å². The summed E-state index contributed by atoms with van der Waals surface area (Å²) in [5, 5.41) is 0. The van der Waals surface area contributed by atoms with Gasteiger partial charge < -0.3 is 14.2 Å². The maximum absolute atomic E-state index is 11.8. The molecule has 0 spiro atoms. The van der Waals surface area contributed by atoms with Gasteiger partial charge in [-0.1, -0.05) is 63.5 Å². The van der Waals surface area contributed by atoms with E-state index in [4.69, 9.17) is 14.2 Å². The molecule has 2 aromatic rings. The Balaban J connectivity index is 1.73. The molecule has 1 aliphatic carbocycles. The van der Waals surface area contributed by atoms with Gasteiger partial charge in [0.1, 0.15) is 5.75 Å². The van der Waals surface area contributed by atoms with Crippen LogP contribution in [0.5, 0.6) is 5.75 Å². The Hall–Kier alpha value is -2.59. The monoisotopic (exact) mass is 450 g/mol. The van der Waals surface area contributed by atoms with Gasteiger partial charge >= 0.3 is 6.16 Å². The van der Waals surface area contributed by atoms with Crippen molar-refractivity contribution < 1.29 is 19.0 Å². The number of hydrogen-bond acceptors (Lipinski definition) is 4. The zero-order valence-corrected chi connectivity index (χ0v) is 20.4. The Morgan fingerprint density at radius 1 is 1.09 bits per heavy atom. The maximum Gasteiger partial charge on any atom is 0.518 e. The third-order valence-corrected chi connectivity index (χ3v) is 6.93. The van der Waals surface area contributed by atoms with Crippen LogP contribution in [0.3, 0.4) is 0 Å². The highest BCUT2D eigenvalue weighted by Crippen LogP contribution is 2.39. The summed E-state index contributed by atoms with van der Waals surface area (Å²) in [6.45, 7) is 8.18. The van der Waals surface area contributed by atoms with Gasteiger partial charge in [0.15, 0.2) is 0 Å². The summed E-state index contributed by atoms with van der Waals surface area (Å²) in [6, 6.07) is 12.6. The summed E-state index contributed by atoms with van der Waals surface area (Å²) in [5.74, 6) is 2.01. The molecule has 1 saturated carbocycles. The molecule has 1 fully saturated rings. The average molecular weight is 451 g/mol. The van der Waals surface area contributed by atoms with Gasteiger partial charge in [-0.25, -0.2) is 4.79 Å². The first kappa shape index (κ1) is 25.0. The summed E-state index contributed by atoms with van der Waals surface area (Å²) in [4.78, 5) is 11.8. The fourth-order valence-corrected chi connectivity index (χ4v) is 5.00. The van der Waals surface area contributed by atoms with Crippen LogP contribution in [-0.2, 0) is 16.1 Å². The normalized spacial score (nSPS) is 18.0. The van der Waals surface area contributed by atoms with E-state index in [1.807, 2.05) is 12.1 Å². The van der Waals surface area contributed by atoms with Crippen molar-refractivity contribution >= 4 is 6.16 Å². The molecule has 0 aromatic heterocycles. The number of carbonyl (C=O) groups is 1. The summed E-state index contributed by atoms with van der Waals surface area (Å²) in [6.07, 6.45) is 11.0. The van der Waals surface area contributed by atoms with Gasteiger partial charge in [0.25, 0.3) is 0 Å². The Morgan fingerprint density at radius 2 is 1.82 bits per heavy atom. The molecule has 178 valence electrons. The zero-order chi connectivity index (χ0) is 23.6. The second-order valence-electron chi connectivity index (χ2n) is 9.16. The van der Waals surface area contributed by atoms with Gasteiger partial charge in [-0.05, 0) is 84.4 Å². The van der Waals surface area contributed by atoms with Gasteiger partial charge in [0.2, 0.25) is 0 Å². The Kier molecular flexibility index (Phi) is 9.56. The SMILES string of the molecule is C=COC(=O)Oc1cc(COC)c(C)c(-c2ccc(C3CCC(CCCCC)CC3)cc2)c1. The van der Waals surface area contributed by atoms with E-state index < -0.39 is 6.16 Å². The van der Waals surface area contributed by atoms with Crippen molar-refractivity contribution in [3.05, 3.63) is 65.9 Å². The van der Waals surface area contributed by atoms with E-state index in [0.29, 0.717) is 18.3 Å². The van der Waals surface area contributed by atoms with Crippen molar-refractivity contribution in [2.75, 3.05) is 7.11 Å². The van der Waals surface area contributed by atoms with E-state index in [2.05, 4.69) is 44.7 Å². The van der Waals surface area contributed by atoms with Crippen molar-refractivity contribution in [1.82, 2.24) is 0 Å². The first-order chi connectivity index (χ1) is 16.0. The summed E-state index contributed by atoms with van der Waals surface area (Å²) in [7, 11) is 1.66. The quantitative estimate of drug-likeness (QED) is 0.158. The second-order valence-corrected chi connectivity index (χ2v) is 9.16. The predicted octanol–water partition coefficient (Wildman–Crippen LogP) is 8.32. The molecule has 0 unspecified atom stereocenters. The van der Waals surface area contributed by atoms with Gasteiger partial charge in [-0.3, -0.25) is 0 Å². The van der Waals surface area contributed by atoms with Crippen LogP contribution in [0.15, 0.2) is 49.2 Å². The predicted molar refractivity (Wildman–Crippen MR) is 133 cm³/mol. The minimum Gasteiger partial charge on any atom is -0.403 e. The fraction of sp³-hybridized carbons (Fsp3) is 0.483. The number of carbonyl (C=O) groups excluding carboxylic acids is 1. The minimum absolute atomic E-state index is 0.431. The summed E-state index contributed by atoms with van der Waals surface area (Å²) >= 11 is 0. The van der Waals surface area contributed by atoms with E-state index in [-0.39, 0.29) is 0 Å². The number of rotatable bonds is 10. The van der Waals surface area contributed by atoms with Crippen LogP contribution in [-0.4, -0.2) is 13.3 Å². The van der Waals surface area contributed by atoms with E-state index in [1.54, 1.807) is 7.11 Å². The van der Waals surface area contributed by atoms with Crippen LogP contribution in [0, 0.1) is 12.8 Å². The lowest BCUT2D eigenvalue weighted by atomic mass is 9.77. The fourth-order valence-electron chi connectivity index (χ4n) is 5.00. The molecule has 0 radical (unpaired) electrons. The number of methoxy groups -OCH3 is 1. The van der Waals surface area contributed by atoms with E-state index in [0.717, 1.165) is 34.4 Å². The average Bonchev–Trinajstić information content (AvgIpc) is 2.82. The molecule has 4 heteroatoms. The largest absolute Gasteiger partial charge is 0.518 e. The van der Waals surface area contributed by atoms with Crippen molar-refractivity contribution in [2.45, 2.75) is 77.7 Å². The molecule has 0 amide bonds. The number of hydrogen-bond donors (Lipinski definition) is 0. The molecule has 0 heterocycles. The molecule has 0 saturated heterocycles. The molecule has 33 heavy (non-hydrogen) atoms. The molecular weight excluding hydrogens is 412 g/mol. The number of unbranched alkanes of at least 4 members (excludes halogenated alkanes) is 2. The van der Waals surface area contributed by atoms with Crippen LogP contribution in [0.2, 0.25) is 0 Å². The van der Waals surface area contributed by atoms with E-state index in [9.17, 15) is 4.79 Å². The number of ether oxygens (including phenoxy) is 3. The second kappa shape index (κ2) is 12.6. The van der Waals surface area contributed by atoms with Crippen LogP contribution >= 0.6 is 0 Å². The van der Waals surface area contributed by atoms with Crippen LogP contribution in [0.1, 0.15) is 80.9 Å². The Labute approximate surface area is 198 Å². The molecule has 0 aliphatic heterocycles. The third kappa shape index (κ3) is 6.94. The molecule has 2 aromatic carbocycles. The van der Waals surface area contributed by atoms with Crippen molar-refractivity contribution in [2.24, 2.45) is 5.92 Å². The van der Waals surface area contributed by atoms with Crippen molar-refractivity contribution in [3.8, 4) is 16.9 Å². The molecule has 1 aliphatic rings. The van der Waals surface area contributed by atoms with Crippen LogP contribution in [0.4, 0.5) is 4.79 Å². The molecule has 0 bridgehead atoms. The molecule has 0 atom stereocenters. The molecular formula is C29H38O4.